The van der Waals surface area contributed by atoms with Crippen molar-refractivity contribution in [1.29, 1.82) is 0 Å². The molecule has 0 aromatic carbocycles. The highest BCUT2D eigenvalue weighted by molar-refractivity contribution is 7.86. The van der Waals surface area contributed by atoms with Crippen LogP contribution in [0.3, 0.4) is 0 Å². The zero-order valence-electron chi connectivity index (χ0n) is 16.7. The van der Waals surface area contributed by atoms with Gasteiger partial charge in [0, 0.05) is 51.5 Å². The van der Waals surface area contributed by atoms with Gasteiger partial charge in [-0.15, -0.1) is 0 Å². The van der Waals surface area contributed by atoms with Crippen LogP contribution >= 0.6 is 0 Å². The van der Waals surface area contributed by atoms with Crippen molar-refractivity contribution in [2.24, 2.45) is 5.92 Å². The van der Waals surface area contributed by atoms with Crippen LogP contribution in [-0.4, -0.2) is 70.8 Å². The van der Waals surface area contributed by atoms with Gasteiger partial charge < -0.3 is 9.84 Å². The Kier molecular flexibility index (Phi) is 6.40. The number of aromatic nitrogens is 3. The van der Waals surface area contributed by atoms with E-state index in [4.69, 9.17) is 4.52 Å². The minimum Gasteiger partial charge on any atom is -0.355 e. The summed E-state index contributed by atoms with van der Waals surface area (Å²) in [6, 6.07) is 3.62. The van der Waals surface area contributed by atoms with E-state index in [-0.39, 0.29) is 18.4 Å². The molecular formula is C19H26N6O4S. The molecule has 0 aliphatic carbocycles. The number of carbonyl (C=O) groups excluding carboxylic acids is 1. The van der Waals surface area contributed by atoms with Crippen molar-refractivity contribution in [3.63, 3.8) is 0 Å². The van der Waals surface area contributed by atoms with Gasteiger partial charge in [-0.05, 0) is 37.8 Å². The van der Waals surface area contributed by atoms with Crippen molar-refractivity contribution in [3.8, 4) is 11.5 Å². The van der Waals surface area contributed by atoms with E-state index in [1.807, 2.05) is 6.07 Å². The third kappa shape index (κ3) is 4.68. The van der Waals surface area contributed by atoms with E-state index in [0.29, 0.717) is 57.2 Å². The van der Waals surface area contributed by atoms with Gasteiger partial charge in [-0.3, -0.25) is 9.78 Å². The Morgan fingerprint density at radius 1 is 1.20 bits per heavy atom. The van der Waals surface area contributed by atoms with Gasteiger partial charge in [0.05, 0.1) is 11.5 Å². The molecule has 0 spiro atoms. The second-order valence-electron chi connectivity index (χ2n) is 7.61. The summed E-state index contributed by atoms with van der Waals surface area (Å²) in [5.74, 6) is 0.412. The summed E-state index contributed by atoms with van der Waals surface area (Å²) >= 11 is 0. The number of pyridine rings is 1. The van der Waals surface area contributed by atoms with Crippen molar-refractivity contribution >= 4 is 16.1 Å². The van der Waals surface area contributed by atoms with Crippen molar-refractivity contribution in [2.45, 2.75) is 32.1 Å². The van der Waals surface area contributed by atoms with Crippen molar-refractivity contribution in [2.75, 3.05) is 32.7 Å². The first-order valence-corrected chi connectivity index (χ1v) is 11.7. The van der Waals surface area contributed by atoms with Gasteiger partial charge in [0.25, 0.3) is 16.1 Å². The predicted octanol–water partition coefficient (Wildman–Crippen LogP) is 0.843. The number of rotatable bonds is 7. The molecule has 2 aliphatic heterocycles. The van der Waals surface area contributed by atoms with Crippen LogP contribution in [0.25, 0.3) is 11.5 Å². The first-order chi connectivity index (χ1) is 14.5. The molecule has 30 heavy (non-hydrogen) atoms. The molecule has 0 radical (unpaired) electrons. The molecule has 0 bridgehead atoms. The molecule has 162 valence electrons. The molecule has 1 unspecified atom stereocenters. The molecule has 2 saturated heterocycles. The zero-order chi connectivity index (χ0) is 21.0. The van der Waals surface area contributed by atoms with Gasteiger partial charge in [-0.25, -0.2) is 0 Å². The highest BCUT2D eigenvalue weighted by Crippen LogP contribution is 2.23. The third-order valence-electron chi connectivity index (χ3n) is 5.50. The summed E-state index contributed by atoms with van der Waals surface area (Å²) in [4.78, 5) is 20.9. The quantitative estimate of drug-likeness (QED) is 0.685. The third-order valence-corrected chi connectivity index (χ3v) is 7.50. The van der Waals surface area contributed by atoms with E-state index in [0.717, 1.165) is 18.4 Å². The lowest BCUT2D eigenvalue weighted by atomic mass is 9.99. The van der Waals surface area contributed by atoms with Crippen molar-refractivity contribution in [3.05, 3.63) is 30.4 Å². The minimum absolute atomic E-state index is 0.132. The van der Waals surface area contributed by atoms with Crippen LogP contribution in [0.15, 0.2) is 29.0 Å². The highest BCUT2D eigenvalue weighted by atomic mass is 32.2. The molecule has 0 saturated carbocycles. The van der Waals surface area contributed by atoms with E-state index in [1.165, 1.54) is 8.61 Å². The fraction of sp³-hybridized carbons (Fsp3) is 0.579. The van der Waals surface area contributed by atoms with Crippen molar-refractivity contribution < 1.29 is 17.7 Å². The molecule has 2 fully saturated rings. The summed E-state index contributed by atoms with van der Waals surface area (Å²) < 4.78 is 33.8. The van der Waals surface area contributed by atoms with Gasteiger partial charge in [-0.1, -0.05) is 5.16 Å². The predicted molar refractivity (Wildman–Crippen MR) is 108 cm³/mol. The van der Waals surface area contributed by atoms with E-state index >= 15 is 0 Å². The lowest BCUT2D eigenvalue weighted by Gasteiger charge is -2.33. The lowest BCUT2D eigenvalue weighted by molar-refractivity contribution is -0.126. The molecule has 10 nitrogen and oxygen atoms in total. The number of nitrogens with one attached hydrogen (secondary N) is 1. The van der Waals surface area contributed by atoms with E-state index in [1.54, 1.807) is 18.5 Å². The average molecular weight is 435 g/mol. The smallest absolute Gasteiger partial charge is 0.281 e. The van der Waals surface area contributed by atoms with Crippen LogP contribution in [0.5, 0.6) is 0 Å². The molecule has 4 heterocycles. The fourth-order valence-corrected chi connectivity index (χ4v) is 5.63. The summed E-state index contributed by atoms with van der Waals surface area (Å²) in [7, 11) is -3.47. The van der Waals surface area contributed by atoms with Gasteiger partial charge in [0.1, 0.15) is 0 Å². The molecule has 11 heteroatoms. The van der Waals surface area contributed by atoms with Gasteiger partial charge in [0.2, 0.25) is 5.91 Å². The second kappa shape index (κ2) is 9.19. The van der Waals surface area contributed by atoms with Crippen molar-refractivity contribution in [1.82, 2.24) is 29.1 Å². The van der Waals surface area contributed by atoms with Crippen LogP contribution in [0.2, 0.25) is 0 Å². The molecular weight excluding hydrogens is 408 g/mol. The standard InChI is InChI=1S/C19H26N6O4S/c26-18(16-6-4-12-25(14-16)30(27,28)24-10-1-2-11-24)21-9-7-17-22-19(29-23-17)15-5-3-8-20-13-15/h3,5,8,13,16H,1-2,4,6-7,9-12,14H2,(H,21,26). The van der Waals surface area contributed by atoms with E-state index in [2.05, 4.69) is 20.4 Å². The van der Waals surface area contributed by atoms with Crippen LogP contribution < -0.4 is 5.32 Å². The zero-order valence-corrected chi connectivity index (χ0v) is 17.6. The molecule has 1 N–H and O–H groups in total. The maximum absolute atomic E-state index is 12.8. The minimum atomic E-state index is -3.47. The first kappa shape index (κ1) is 20.9. The number of hydrogen-bond donors (Lipinski definition) is 1. The van der Waals surface area contributed by atoms with Crippen LogP contribution in [0.4, 0.5) is 0 Å². The Morgan fingerprint density at radius 2 is 2.00 bits per heavy atom. The van der Waals surface area contributed by atoms with E-state index in [9.17, 15) is 13.2 Å². The second-order valence-corrected chi connectivity index (χ2v) is 9.54. The monoisotopic (exact) mass is 434 g/mol. The van der Waals surface area contributed by atoms with Gasteiger partial charge in [0.15, 0.2) is 5.82 Å². The highest BCUT2D eigenvalue weighted by Gasteiger charge is 2.36. The number of carbonyl (C=O) groups is 1. The topological polar surface area (TPSA) is 122 Å². The molecule has 2 aromatic rings. The summed E-state index contributed by atoms with van der Waals surface area (Å²) in [6.45, 7) is 2.21. The lowest BCUT2D eigenvalue weighted by Crippen LogP contribution is -2.50. The van der Waals surface area contributed by atoms with Gasteiger partial charge in [-0.2, -0.15) is 22.0 Å². The maximum Gasteiger partial charge on any atom is 0.281 e. The first-order valence-electron chi connectivity index (χ1n) is 10.3. The molecule has 2 aliphatic rings. The Balaban J connectivity index is 1.27. The SMILES string of the molecule is O=C(NCCc1noc(-c2cccnc2)n1)C1CCCN(S(=O)(=O)N2CCCC2)C1. The number of nitrogens with zero attached hydrogens (tertiary/aromatic N) is 5. The normalized spacial score (nSPS) is 21.0. The number of hydrogen-bond acceptors (Lipinski definition) is 7. The summed E-state index contributed by atoms with van der Waals surface area (Å²) in [5.41, 5.74) is 0.738. The fourth-order valence-electron chi connectivity index (χ4n) is 3.85. The molecule has 1 amide bonds. The molecule has 1 atom stereocenters. The number of piperidine rings is 1. The Morgan fingerprint density at radius 3 is 2.77 bits per heavy atom. The average Bonchev–Trinajstić information content (AvgIpc) is 3.47. The Hall–Kier alpha value is -2.37. The summed E-state index contributed by atoms with van der Waals surface area (Å²) in [5, 5.41) is 6.82. The molecule has 2 aromatic heterocycles. The number of amides is 1. The Labute approximate surface area is 175 Å². The molecule has 4 rings (SSSR count). The largest absolute Gasteiger partial charge is 0.355 e. The Bertz CT molecular complexity index is 958. The maximum atomic E-state index is 12.8. The van der Waals surface area contributed by atoms with Crippen LogP contribution in [-0.2, 0) is 21.4 Å². The summed E-state index contributed by atoms with van der Waals surface area (Å²) in [6.07, 6.45) is 6.90. The van der Waals surface area contributed by atoms with E-state index < -0.39 is 10.2 Å². The van der Waals surface area contributed by atoms with Gasteiger partial charge >= 0.3 is 0 Å². The van der Waals surface area contributed by atoms with Crippen LogP contribution in [0.1, 0.15) is 31.5 Å². The van der Waals surface area contributed by atoms with Crippen LogP contribution in [0, 0.1) is 5.92 Å².